The highest BCUT2D eigenvalue weighted by Crippen LogP contribution is 2.32. The molecule has 0 saturated carbocycles. The van der Waals surface area contributed by atoms with E-state index in [1.54, 1.807) is 4.72 Å². The van der Waals surface area contributed by atoms with Gasteiger partial charge in [-0.15, -0.1) is 0 Å². The number of hydrogen-bond acceptors (Lipinski definition) is 4. The highest BCUT2D eigenvalue weighted by atomic mass is 32.2. The number of carbonyl (C=O) groups excluding carboxylic acids is 1. The summed E-state index contributed by atoms with van der Waals surface area (Å²) in [4.78, 5) is 11.3. The first-order valence-corrected chi connectivity index (χ1v) is 8.36. The standard InChI is InChI=1S/C13H14F4N2O4S/c1-23-12-8(14)10(16)13(11(17)9(12)15)24(21,22)18-6-7(20)19-4-2-3-5-19/h18H,2-6H2,1H3. The molecule has 0 radical (unpaired) electrons. The summed E-state index contributed by atoms with van der Waals surface area (Å²) < 4.78 is 84.6. The van der Waals surface area contributed by atoms with Crippen molar-refractivity contribution >= 4 is 15.9 Å². The Kier molecular flexibility index (Phi) is 5.33. The Hall–Kier alpha value is -1.88. The van der Waals surface area contributed by atoms with Crippen LogP contribution in [0.15, 0.2) is 4.90 Å². The van der Waals surface area contributed by atoms with E-state index in [1.807, 2.05) is 0 Å². The Balaban J connectivity index is 2.31. The smallest absolute Gasteiger partial charge is 0.247 e. The van der Waals surface area contributed by atoms with Crippen molar-refractivity contribution in [3.05, 3.63) is 23.3 Å². The molecule has 1 amide bonds. The maximum atomic E-state index is 13.8. The zero-order chi connectivity index (χ0) is 18.1. The number of halogens is 4. The molecule has 2 rings (SSSR count). The highest BCUT2D eigenvalue weighted by Gasteiger charge is 2.34. The molecule has 0 atom stereocenters. The molecular formula is C13H14F4N2O4S. The van der Waals surface area contributed by atoms with E-state index in [-0.39, 0.29) is 0 Å². The fraction of sp³-hybridized carbons (Fsp3) is 0.462. The summed E-state index contributed by atoms with van der Waals surface area (Å²) >= 11 is 0. The molecular weight excluding hydrogens is 356 g/mol. The van der Waals surface area contributed by atoms with Crippen molar-refractivity contribution in [1.82, 2.24) is 9.62 Å². The lowest BCUT2D eigenvalue weighted by Gasteiger charge is -2.16. The van der Waals surface area contributed by atoms with E-state index in [1.165, 1.54) is 4.90 Å². The normalized spacial score (nSPS) is 15.0. The van der Waals surface area contributed by atoms with E-state index < -0.39 is 56.4 Å². The largest absolute Gasteiger partial charge is 0.491 e. The van der Waals surface area contributed by atoms with Crippen molar-refractivity contribution in [2.24, 2.45) is 0 Å². The molecule has 0 aliphatic carbocycles. The number of hydrogen-bond donors (Lipinski definition) is 1. The van der Waals surface area contributed by atoms with Crippen LogP contribution in [0.1, 0.15) is 12.8 Å². The molecule has 1 aromatic carbocycles. The molecule has 0 unspecified atom stereocenters. The number of ether oxygens (including phenoxy) is 1. The molecule has 1 aliphatic rings. The van der Waals surface area contributed by atoms with E-state index in [4.69, 9.17) is 0 Å². The first kappa shape index (κ1) is 18.5. The SMILES string of the molecule is COc1c(F)c(F)c(S(=O)(=O)NCC(=O)N2CCCC2)c(F)c1F. The van der Waals surface area contributed by atoms with Crippen molar-refractivity contribution in [1.29, 1.82) is 0 Å². The molecule has 1 N–H and O–H groups in total. The number of rotatable bonds is 5. The summed E-state index contributed by atoms with van der Waals surface area (Å²) in [6.45, 7) is 0.0978. The van der Waals surface area contributed by atoms with Crippen LogP contribution in [0.2, 0.25) is 0 Å². The monoisotopic (exact) mass is 370 g/mol. The third kappa shape index (κ3) is 3.31. The minimum Gasteiger partial charge on any atom is -0.491 e. The van der Waals surface area contributed by atoms with E-state index in [0.29, 0.717) is 13.1 Å². The predicted octanol–water partition coefficient (Wildman–Crippen LogP) is 1.15. The summed E-state index contributed by atoms with van der Waals surface area (Å²) in [7, 11) is -4.23. The Labute approximate surface area is 135 Å². The van der Waals surface area contributed by atoms with Crippen LogP contribution in [0, 0.1) is 23.3 Å². The molecule has 1 aliphatic heterocycles. The summed E-state index contributed by atoms with van der Waals surface area (Å²) in [5.41, 5.74) is 0. The van der Waals surface area contributed by atoms with Crippen molar-refractivity contribution in [2.45, 2.75) is 17.7 Å². The van der Waals surface area contributed by atoms with Gasteiger partial charge in [-0.3, -0.25) is 4.79 Å². The fourth-order valence-electron chi connectivity index (χ4n) is 2.31. The van der Waals surface area contributed by atoms with E-state index in [9.17, 15) is 30.8 Å². The van der Waals surface area contributed by atoms with Gasteiger partial charge in [-0.2, -0.15) is 8.78 Å². The number of carbonyl (C=O) groups is 1. The first-order chi connectivity index (χ1) is 11.2. The summed E-state index contributed by atoms with van der Waals surface area (Å²) in [6.07, 6.45) is 1.52. The molecule has 1 fully saturated rings. The Bertz CT molecular complexity index is 735. The van der Waals surface area contributed by atoms with Gasteiger partial charge < -0.3 is 9.64 Å². The van der Waals surface area contributed by atoms with Crippen LogP contribution in [-0.2, 0) is 14.8 Å². The van der Waals surface area contributed by atoms with Gasteiger partial charge in [-0.1, -0.05) is 0 Å². The molecule has 0 bridgehead atoms. The van der Waals surface area contributed by atoms with Gasteiger partial charge in [0.15, 0.2) is 22.3 Å². The van der Waals surface area contributed by atoms with Crippen LogP contribution in [-0.4, -0.2) is 46.0 Å². The maximum absolute atomic E-state index is 13.8. The lowest BCUT2D eigenvalue weighted by molar-refractivity contribution is -0.128. The van der Waals surface area contributed by atoms with E-state index >= 15 is 0 Å². The number of sulfonamides is 1. The number of methoxy groups -OCH3 is 1. The molecule has 0 spiro atoms. The minimum absolute atomic E-state index is 0.440. The van der Waals surface area contributed by atoms with Crippen molar-refractivity contribution < 1.29 is 35.5 Å². The van der Waals surface area contributed by atoms with Crippen LogP contribution in [0.4, 0.5) is 17.6 Å². The first-order valence-electron chi connectivity index (χ1n) is 6.88. The minimum atomic E-state index is -5.00. The molecule has 0 aromatic heterocycles. The van der Waals surface area contributed by atoms with Gasteiger partial charge in [0.25, 0.3) is 0 Å². The van der Waals surface area contributed by atoms with Gasteiger partial charge in [0.2, 0.25) is 27.6 Å². The number of likely N-dealkylation sites (tertiary alicyclic amines) is 1. The van der Waals surface area contributed by atoms with E-state index in [0.717, 1.165) is 20.0 Å². The Morgan fingerprint density at radius 3 is 2.04 bits per heavy atom. The molecule has 24 heavy (non-hydrogen) atoms. The summed E-state index contributed by atoms with van der Waals surface area (Å²) in [5, 5.41) is 0. The van der Waals surface area contributed by atoms with Gasteiger partial charge >= 0.3 is 0 Å². The average Bonchev–Trinajstić information content (AvgIpc) is 3.06. The van der Waals surface area contributed by atoms with Gasteiger partial charge in [0, 0.05) is 13.1 Å². The van der Waals surface area contributed by atoms with Gasteiger partial charge in [0.05, 0.1) is 13.7 Å². The molecule has 1 aromatic rings. The average molecular weight is 370 g/mol. The molecule has 134 valence electrons. The summed E-state index contributed by atoms with van der Waals surface area (Å²) in [5.74, 6) is -10.2. The van der Waals surface area contributed by atoms with Crippen LogP contribution in [0.3, 0.4) is 0 Å². The number of nitrogens with zero attached hydrogens (tertiary/aromatic N) is 1. The van der Waals surface area contributed by atoms with Gasteiger partial charge in [0.1, 0.15) is 0 Å². The Morgan fingerprint density at radius 2 is 1.58 bits per heavy atom. The summed E-state index contributed by atoms with van der Waals surface area (Å²) in [6, 6.07) is 0. The predicted molar refractivity (Wildman–Crippen MR) is 73.8 cm³/mol. The molecule has 1 heterocycles. The fourth-order valence-corrected chi connectivity index (χ4v) is 3.42. The second kappa shape index (κ2) is 6.93. The quantitative estimate of drug-likeness (QED) is 0.623. The second-order valence-corrected chi connectivity index (χ2v) is 6.73. The molecule has 11 heteroatoms. The van der Waals surface area contributed by atoms with Crippen molar-refractivity contribution in [2.75, 3.05) is 26.7 Å². The zero-order valence-electron chi connectivity index (χ0n) is 12.5. The van der Waals surface area contributed by atoms with Crippen LogP contribution < -0.4 is 9.46 Å². The van der Waals surface area contributed by atoms with Crippen LogP contribution in [0.25, 0.3) is 0 Å². The topological polar surface area (TPSA) is 75.7 Å². The molecule has 6 nitrogen and oxygen atoms in total. The molecule has 1 saturated heterocycles. The lowest BCUT2D eigenvalue weighted by atomic mass is 10.3. The van der Waals surface area contributed by atoms with Crippen LogP contribution >= 0.6 is 0 Å². The highest BCUT2D eigenvalue weighted by molar-refractivity contribution is 7.89. The second-order valence-electron chi connectivity index (χ2n) is 5.03. The number of benzene rings is 1. The third-order valence-corrected chi connectivity index (χ3v) is 4.95. The maximum Gasteiger partial charge on any atom is 0.247 e. The number of amides is 1. The van der Waals surface area contributed by atoms with E-state index in [2.05, 4.69) is 4.74 Å². The van der Waals surface area contributed by atoms with Crippen LogP contribution in [0.5, 0.6) is 5.75 Å². The van der Waals surface area contributed by atoms with Gasteiger partial charge in [-0.25, -0.2) is 21.9 Å². The number of nitrogens with one attached hydrogen (secondary N) is 1. The van der Waals surface area contributed by atoms with Crippen molar-refractivity contribution in [3.63, 3.8) is 0 Å². The lowest BCUT2D eigenvalue weighted by Crippen LogP contribution is -2.39. The van der Waals surface area contributed by atoms with Crippen molar-refractivity contribution in [3.8, 4) is 5.75 Å². The third-order valence-electron chi connectivity index (χ3n) is 3.53. The Morgan fingerprint density at radius 1 is 1.08 bits per heavy atom. The van der Waals surface area contributed by atoms with Gasteiger partial charge in [-0.05, 0) is 12.8 Å². The zero-order valence-corrected chi connectivity index (χ0v) is 13.4.